The van der Waals surface area contributed by atoms with Gasteiger partial charge in [-0.1, -0.05) is 84.9 Å². The number of methoxy groups -OCH3 is 2. The summed E-state index contributed by atoms with van der Waals surface area (Å²) in [6.07, 6.45) is 0.984. The number of anilines is 3. The molecule has 6 amide bonds. The number of alkyl carbamates (subject to hydrolysis) is 2. The van der Waals surface area contributed by atoms with Gasteiger partial charge in [-0.05, 0) is 109 Å². The summed E-state index contributed by atoms with van der Waals surface area (Å²) in [5, 5.41) is 26.2. The molecule has 2 aliphatic rings. The highest BCUT2D eigenvalue weighted by atomic mass is 16.5. The smallest absolute Gasteiger partial charge is 0.407 e. The van der Waals surface area contributed by atoms with Crippen LogP contribution in [0.5, 0.6) is 0 Å². The Morgan fingerprint density at radius 3 is 1.42 bits per heavy atom. The van der Waals surface area contributed by atoms with Crippen LogP contribution in [-0.4, -0.2) is 102 Å². The standard InChI is InChI=1S/C50H69N7O9/c1-30(2)42(54-48(63)65-8)46(61)56-28-10-12-39(56)44(59)52-36-20-14-32(15-21-36)38(51-35-24-18-34(19-25-35)50(5,6)7)26-27-41(58)33-16-22-37(23-17-33)53-45(60)40-13-11-29-57(40)47(62)43(31(3)4)55-49(64)66-9/h14-25,30-31,38-43,51,58H,10-13,26-29H2,1-9H3,(H,52,59)(H,53,60)(H,54,63)(H,55,64)/t38?,39-,40+,41?,42+,43+/m1/s1. The van der Waals surface area contributed by atoms with Crippen molar-refractivity contribution >= 4 is 52.9 Å². The average Bonchev–Trinajstić information content (AvgIpc) is 4.00. The van der Waals surface area contributed by atoms with Gasteiger partial charge >= 0.3 is 12.2 Å². The summed E-state index contributed by atoms with van der Waals surface area (Å²) < 4.78 is 9.44. The fraction of sp³-hybridized carbons (Fsp3) is 0.520. The Morgan fingerprint density at radius 1 is 0.621 bits per heavy atom. The maximum absolute atomic E-state index is 13.6. The van der Waals surface area contributed by atoms with Crippen molar-refractivity contribution in [3.63, 3.8) is 0 Å². The van der Waals surface area contributed by atoms with Gasteiger partial charge in [-0.3, -0.25) is 19.2 Å². The highest BCUT2D eigenvalue weighted by Crippen LogP contribution is 2.32. The molecule has 66 heavy (non-hydrogen) atoms. The third kappa shape index (κ3) is 13.2. The monoisotopic (exact) mass is 912 g/mol. The molecule has 0 aliphatic carbocycles. The molecule has 0 spiro atoms. The van der Waals surface area contributed by atoms with Crippen LogP contribution in [0.3, 0.4) is 0 Å². The first-order valence-electron chi connectivity index (χ1n) is 23.0. The molecule has 0 bridgehead atoms. The van der Waals surface area contributed by atoms with E-state index in [-0.39, 0.29) is 46.9 Å². The summed E-state index contributed by atoms with van der Waals surface area (Å²) in [7, 11) is 2.47. The van der Waals surface area contributed by atoms with E-state index in [9.17, 15) is 33.9 Å². The lowest BCUT2D eigenvalue weighted by Gasteiger charge is -2.30. The third-order valence-electron chi connectivity index (χ3n) is 12.4. The Hall–Kier alpha value is -6.16. The van der Waals surface area contributed by atoms with Crippen molar-refractivity contribution in [2.75, 3.05) is 43.3 Å². The van der Waals surface area contributed by atoms with Crippen LogP contribution in [0.1, 0.15) is 116 Å². The van der Waals surface area contributed by atoms with Crippen molar-refractivity contribution in [2.45, 2.75) is 129 Å². The normalized spacial score (nSPS) is 17.9. The Morgan fingerprint density at radius 2 is 1.03 bits per heavy atom. The number of hydrogen-bond donors (Lipinski definition) is 6. The minimum Gasteiger partial charge on any atom is -0.453 e. The Labute approximate surface area is 388 Å². The molecule has 2 heterocycles. The van der Waals surface area contributed by atoms with Gasteiger partial charge in [0.1, 0.15) is 24.2 Å². The summed E-state index contributed by atoms with van der Waals surface area (Å²) in [4.78, 5) is 81.1. The van der Waals surface area contributed by atoms with E-state index in [1.54, 1.807) is 24.3 Å². The quantitative estimate of drug-likeness (QED) is 0.0799. The van der Waals surface area contributed by atoms with Gasteiger partial charge in [0, 0.05) is 30.2 Å². The number of carbonyl (C=O) groups excluding carboxylic acids is 6. The lowest BCUT2D eigenvalue weighted by atomic mass is 9.87. The number of carbonyl (C=O) groups is 6. The van der Waals surface area contributed by atoms with Gasteiger partial charge in [-0.25, -0.2) is 9.59 Å². The summed E-state index contributed by atoms with van der Waals surface area (Å²) in [6, 6.07) is 19.6. The lowest BCUT2D eigenvalue weighted by molar-refractivity contribution is -0.139. The first kappa shape index (κ1) is 50.8. The molecule has 0 aromatic heterocycles. The SMILES string of the molecule is COC(=O)N[C@H](C(=O)N1CCC[C@@H]1C(=O)Nc1ccc(C(CCC(O)c2ccc(NC(=O)[C@@H]3CCCN3C(=O)[C@@H](NC(=O)OC)C(C)C)cc2)Nc2ccc(C(C)(C)C)cc2)cc1)C(C)C. The van der Waals surface area contributed by atoms with Crippen molar-refractivity contribution in [3.8, 4) is 0 Å². The number of aliphatic hydroxyl groups excluding tert-OH is 1. The molecule has 0 radical (unpaired) electrons. The summed E-state index contributed by atoms with van der Waals surface area (Å²) in [5.74, 6) is -1.73. The number of likely N-dealkylation sites (tertiary alicyclic amines) is 2. The number of aliphatic hydroxyl groups is 1. The van der Waals surface area contributed by atoms with Crippen molar-refractivity contribution in [2.24, 2.45) is 11.8 Å². The highest BCUT2D eigenvalue weighted by Gasteiger charge is 2.40. The average molecular weight is 912 g/mol. The van der Waals surface area contributed by atoms with Gasteiger partial charge in [0.2, 0.25) is 23.6 Å². The zero-order valence-electron chi connectivity index (χ0n) is 39.8. The molecule has 2 unspecified atom stereocenters. The van der Waals surface area contributed by atoms with E-state index in [1.165, 1.54) is 29.6 Å². The molecule has 6 atom stereocenters. The Kier molecular flexibility index (Phi) is 17.6. The molecule has 16 nitrogen and oxygen atoms in total. The predicted molar refractivity (Wildman–Crippen MR) is 254 cm³/mol. The second-order valence-electron chi connectivity index (χ2n) is 18.9. The molecule has 6 N–H and O–H groups in total. The summed E-state index contributed by atoms with van der Waals surface area (Å²) in [6.45, 7) is 14.6. The number of benzene rings is 3. The second-order valence-corrected chi connectivity index (χ2v) is 18.9. The van der Waals surface area contributed by atoms with Gasteiger partial charge in [0.05, 0.1) is 26.4 Å². The third-order valence-corrected chi connectivity index (χ3v) is 12.4. The fourth-order valence-corrected chi connectivity index (χ4v) is 8.48. The number of rotatable bonds is 17. The van der Waals surface area contributed by atoms with E-state index >= 15 is 0 Å². The minimum atomic E-state index is -0.834. The number of ether oxygens (including phenoxy) is 2. The molecule has 2 aliphatic heterocycles. The molecule has 358 valence electrons. The molecule has 2 fully saturated rings. The lowest BCUT2D eigenvalue weighted by Crippen LogP contribution is -2.54. The zero-order valence-corrected chi connectivity index (χ0v) is 39.8. The van der Waals surface area contributed by atoms with Crippen LogP contribution in [0.2, 0.25) is 0 Å². The predicted octanol–water partition coefficient (Wildman–Crippen LogP) is 7.27. The van der Waals surface area contributed by atoms with E-state index in [0.29, 0.717) is 68.6 Å². The van der Waals surface area contributed by atoms with E-state index in [0.717, 1.165) is 11.3 Å². The van der Waals surface area contributed by atoms with E-state index in [2.05, 4.69) is 59.5 Å². The van der Waals surface area contributed by atoms with E-state index < -0.39 is 42.5 Å². The maximum Gasteiger partial charge on any atom is 0.407 e. The first-order valence-corrected chi connectivity index (χ1v) is 23.0. The minimum absolute atomic E-state index is 0.0168. The van der Waals surface area contributed by atoms with Crippen LogP contribution in [-0.2, 0) is 34.1 Å². The van der Waals surface area contributed by atoms with Crippen LogP contribution >= 0.6 is 0 Å². The van der Waals surface area contributed by atoms with Gasteiger partial charge < -0.3 is 51.0 Å². The maximum atomic E-state index is 13.6. The molecule has 5 rings (SSSR count). The van der Waals surface area contributed by atoms with Crippen LogP contribution in [0.25, 0.3) is 0 Å². The van der Waals surface area contributed by atoms with E-state index in [4.69, 9.17) is 9.47 Å². The largest absolute Gasteiger partial charge is 0.453 e. The molecule has 2 saturated heterocycles. The Bertz CT molecular complexity index is 2140. The first-order chi connectivity index (χ1) is 31.3. The fourth-order valence-electron chi connectivity index (χ4n) is 8.48. The number of nitrogens with one attached hydrogen (secondary N) is 5. The molecule has 16 heteroatoms. The van der Waals surface area contributed by atoms with Crippen LogP contribution in [0, 0.1) is 11.8 Å². The molecular formula is C50H69N7O9. The highest BCUT2D eigenvalue weighted by molar-refractivity contribution is 5.99. The van der Waals surface area contributed by atoms with Crippen molar-refractivity contribution < 1.29 is 43.3 Å². The second kappa shape index (κ2) is 22.8. The molecule has 3 aromatic rings. The van der Waals surface area contributed by atoms with Crippen molar-refractivity contribution in [1.29, 1.82) is 0 Å². The van der Waals surface area contributed by atoms with Gasteiger partial charge in [-0.2, -0.15) is 0 Å². The van der Waals surface area contributed by atoms with Gasteiger partial charge in [0.15, 0.2) is 0 Å². The van der Waals surface area contributed by atoms with Crippen LogP contribution in [0.4, 0.5) is 26.7 Å². The van der Waals surface area contributed by atoms with Crippen molar-refractivity contribution in [1.82, 2.24) is 20.4 Å². The number of nitrogens with zero attached hydrogens (tertiary/aromatic N) is 2. The van der Waals surface area contributed by atoms with Gasteiger partial charge in [0.25, 0.3) is 0 Å². The molecule has 3 aromatic carbocycles. The number of amides is 6. The molecular weight excluding hydrogens is 843 g/mol. The Balaban J connectivity index is 1.25. The zero-order chi connectivity index (χ0) is 48.3. The molecule has 0 saturated carbocycles. The summed E-state index contributed by atoms with van der Waals surface area (Å²) >= 11 is 0. The summed E-state index contributed by atoms with van der Waals surface area (Å²) in [5.41, 5.74) is 4.79. The van der Waals surface area contributed by atoms with Crippen LogP contribution < -0.4 is 26.6 Å². The topological polar surface area (TPSA) is 208 Å². The van der Waals surface area contributed by atoms with E-state index in [1.807, 2.05) is 64.1 Å². The van der Waals surface area contributed by atoms with Crippen LogP contribution in [0.15, 0.2) is 72.8 Å². The number of hydrogen-bond acceptors (Lipinski definition) is 10. The van der Waals surface area contributed by atoms with Gasteiger partial charge in [-0.15, -0.1) is 0 Å². The van der Waals surface area contributed by atoms with Crippen molar-refractivity contribution in [3.05, 3.63) is 89.5 Å².